The van der Waals surface area contributed by atoms with Crippen LogP contribution in [0.25, 0.3) is 0 Å². The van der Waals surface area contributed by atoms with Crippen LogP contribution < -0.4 is 0 Å². The second-order valence-corrected chi connectivity index (χ2v) is 3.30. The van der Waals surface area contributed by atoms with E-state index in [2.05, 4.69) is 6.58 Å². The Hall–Kier alpha value is -1.97. The molecular formula is C12H15NO3. The minimum Gasteiger partial charge on any atom is -0.507 e. The van der Waals surface area contributed by atoms with Crippen molar-refractivity contribution in [2.24, 2.45) is 0 Å². The molecule has 0 aromatic heterocycles. The second-order valence-electron chi connectivity index (χ2n) is 3.30. The van der Waals surface area contributed by atoms with Crippen molar-refractivity contribution in [1.29, 1.82) is 0 Å². The van der Waals surface area contributed by atoms with Crippen molar-refractivity contribution in [3.8, 4) is 11.5 Å². The van der Waals surface area contributed by atoms with Gasteiger partial charge in [-0.1, -0.05) is 12.1 Å². The zero-order valence-corrected chi connectivity index (χ0v) is 9.18. The third-order valence-electron chi connectivity index (χ3n) is 2.25. The van der Waals surface area contributed by atoms with E-state index < -0.39 is 5.91 Å². The first kappa shape index (κ1) is 12.1. The molecule has 0 fully saturated rings. The Labute approximate surface area is 94.4 Å². The molecule has 0 aliphatic heterocycles. The van der Waals surface area contributed by atoms with E-state index in [9.17, 15) is 15.0 Å². The summed E-state index contributed by atoms with van der Waals surface area (Å²) in [6, 6.07) is 4.22. The maximum Gasteiger partial charge on any atom is 0.261 e. The molecule has 0 atom stereocenters. The van der Waals surface area contributed by atoms with Crippen LogP contribution in [0.5, 0.6) is 11.5 Å². The van der Waals surface area contributed by atoms with Crippen LogP contribution >= 0.6 is 0 Å². The van der Waals surface area contributed by atoms with Gasteiger partial charge in [0.05, 0.1) is 0 Å². The fraction of sp³-hybridized carbons (Fsp3) is 0.250. The molecule has 16 heavy (non-hydrogen) atoms. The van der Waals surface area contributed by atoms with Crippen LogP contribution in [0.4, 0.5) is 0 Å². The highest BCUT2D eigenvalue weighted by atomic mass is 16.3. The Morgan fingerprint density at radius 3 is 2.44 bits per heavy atom. The van der Waals surface area contributed by atoms with E-state index in [-0.39, 0.29) is 17.1 Å². The molecular weight excluding hydrogens is 206 g/mol. The lowest BCUT2D eigenvalue weighted by atomic mass is 10.1. The standard InChI is InChI=1S/C12H15NO3/c1-3-8-13(4-2)12(16)11-9(14)6-5-7-10(11)15/h3,5-7,14-15H,1,4,8H2,2H3. The van der Waals surface area contributed by atoms with Crippen molar-refractivity contribution in [1.82, 2.24) is 4.90 Å². The topological polar surface area (TPSA) is 60.8 Å². The van der Waals surface area contributed by atoms with Crippen LogP contribution in [0.15, 0.2) is 30.9 Å². The molecule has 0 radical (unpaired) electrons. The average molecular weight is 221 g/mol. The number of carbonyl (C=O) groups excluding carboxylic acids is 1. The summed E-state index contributed by atoms with van der Waals surface area (Å²) in [5.74, 6) is -0.835. The van der Waals surface area contributed by atoms with Crippen molar-refractivity contribution in [2.75, 3.05) is 13.1 Å². The molecule has 2 N–H and O–H groups in total. The molecule has 86 valence electrons. The van der Waals surface area contributed by atoms with Gasteiger partial charge in [0.15, 0.2) is 0 Å². The van der Waals surface area contributed by atoms with Crippen LogP contribution in [0.1, 0.15) is 17.3 Å². The number of amides is 1. The van der Waals surface area contributed by atoms with Crippen LogP contribution in [0.2, 0.25) is 0 Å². The number of aromatic hydroxyl groups is 2. The first-order valence-electron chi connectivity index (χ1n) is 5.03. The van der Waals surface area contributed by atoms with Gasteiger partial charge >= 0.3 is 0 Å². The van der Waals surface area contributed by atoms with E-state index in [0.717, 1.165) is 0 Å². The highest BCUT2D eigenvalue weighted by molar-refractivity contribution is 5.99. The van der Waals surface area contributed by atoms with Gasteiger partial charge in [-0.3, -0.25) is 4.79 Å². The molecule has 0 spiro atoms. The first-order valence-corrected chi connectivity index (χ1v) is 5.03. The minimum atomic E-state index is -0.405. The highest BCUT2D eigenvalue weighted by Crippen LogP contribution is 2.27. The van der Waals surface area contributed by atoms with Crippen LogP contribution in [-0.2, 0) is 0 Å². The predicted molar refractivity (Wildman–Crippen MR) is 61.5 cm³/mol. The first-order chi connectivity index (χ1) is 7.61. The Kier molecular flexibility index (Phi) is 3.94. The maximum atomic E-state index is 12.0. The number of hydrogen-bond acceptors (Lipinski definition) is 3. The third kappa shape index (κ3) is 2.34. The average Bonchev–Trinajstić information content (AvgIpc) is 2.25. The maximum absolute atomic E-state index is 12.0. The van der Waals surface area contributed by atoms with Gasteiger partial charge in [-0.15, -0.1) is 6.58 Å². The number of hydrogen-bond donors (Lipinski definition) is 2. The number of benzene rings is 1. The molecule has 1 aromatic carbocycles. The lowest BCUT2D eigenvalue weighted by Gasteiger charge is -2.19. The fourth-order valence-electron chi connectivity index (χ4n) is 1.42. The summed E-state index contributed by atoms with van der Waals surface area (Å²) in [6.45, 7) is 6.23. The largest absolute Gasteiger partial charge is 0.507 e. The van der Waals surface area contributed by atoms with Crippen molar-refractivity contribution in [3.05, 3.63) is 36.4 Å². The smallest absolute Gasteiger partial charge is 0.261 e. The SMILES string of the molecule is C=CCN(CC)C(=O)c1c(O)cccc1O. The van der Waals surface area contributed by atoms with Crippen molar-refractivity contribution < 1.29 is 15.0 Å². The predicted octanol–water partition coefficient (Wildman–Crippen LogP) is 1.75. The van der Waals surface area contributed by atoms with E-state index in [4.69, 9.17) is 0 Å². The van der Waals surface area contributed by atoms with Crippen molar-refractivity contribution in [3.63, 3.8) is 0 Å². The number of nitrogens with zero attached hydrogens (tertiary/aromatic N) is 1. The van der Waals surface area contributed by atoms with Gasteiger partial charge in [-0.25, -0.2) is 0 Å². The van der Waals surface area contributed by atoms with E-state index in [0.29, 0.717) is 13.1 Å². The van der Waals surface area contributed by atoms with Crippen LogP contribution in [0, 0.1) is 0 Å². The van der Waals surface area contributed by atoms with Crippen LogP contribution in [0.3, 0.4) is 0 Å². The summed E-state index contributed by atoms with van der Waals surface area (Å²) in [7, 11) is 0. The van der Waals surface area contributed by atoms with Gasteiger partial charge in [0, 0.05) is 13.1 Å². The van der Waals surface area contributed by atoms with E-state index in [1.807, 2.05) is 6.92 Å². The van der Waals surface area contributed by atoms with E-state index in [1.165, 1.54) is 23.1 Å². The number of carbonyl (C=O) groups is 1. The summed E-state index contributed by atoms with van der Waals surface area (Å²) in [5, 5.41) is 19.1. The summed E-state index contributed by atoms with van der Waals surface area (Å²) >= 11 is 0. The van der Waals surface area contributed by atoms with Gasteiger partial charge in [0.1, 0.15) is 17.1 Å². The van der Waals surface area contributed by atoms with Gasteiger partial charge in [0.2, 0.25) is 0 Å². The zero-order valence-electron chi connectivity index (χ0n) is 9.18. The zero-order chi connectivity index (χ0) is 12.1. The molecule has 1 rings (SSSR count). The lowest BCUT2D eigenvalue weighted by Crippen LogP contribution is -2.30. The summed E-state index contributed by atoms with van der Waals surface area (Å²) in [5.41, 5.74) is -0.0637. The Balaban J connectivity index is 3.07. The lowest BCUT2D eigenvalue weighted by molar-refractivity contribution is 0.0776. The molecule has 0 heterocycles. The molecule has 0 aliphatic carbocycles. The van der Waals surface area contributed by atoms with Gasteiger partial charge in [-0.05, 0) is 19.1 Å². The van der Waals surface area contributed by atoms with Crippen molar-refractivity contribution >= 4 is 5.91 Å². The number of phenols is 2. The number of rotatable bonds is 4. The minimum absolute atomic E-state index is 0.0637. The molecule has 1 aromatic rings. The molecule has 4 heteroatoms. The molecule has 0 saturated carbocycles. The quantitative estimate of drug-likeness (QED) is 0.761. The monoisotopic (exact) mass is 221 g/mol. The second kappa shape index (κ2) is 5.21. The normalized spacial score (nSPS) is 9.81. The van der Waals surface area contributed by atoms with E-state index >= 15 is 0 Å². The Morgan fingerprint density at radius 1 is 1.44 bits per heavy atom. The van der Waals surface area contributed by atoms with Gasteiger partial charge in [-0.2, -0.15) is 0 Å². The molecule has 0 unspecified atom stereocenters. The third-order valence-corrected chi connectivity index (χ3v) is 2.25. The fourth-order valence-corrected chi connectivity index (χ4v) is 1.42. The summed E-state index contributed by atoms with van der Waals surface area (Å²) in [4.78, 5) is 13.4. The molecule has 1 amide bonds. The molecule has 4 nitrogen and oxygen atoms in total. The highest BCUT2D eigenvalue weighted by Gasteiger charge is 2.20. The summed E-state index contributed by atoms with van der Waals surface area (Å²) in [6.07, 6.45) is 1.60. The number of phenolic OH excluding ortho intramolecular Hbond substituents is 2. The van der Waals surface area contributed by atoms with Crippen molar-refractivity contribution in [2.45, 2.75) is 6.92 Å². The molecule has 0 aliphatic rings. The summed E-state index contributed by atoms with van der Waals surface area (Å²) < 4.78 is 0. The number of likely N-dealkylation sites (N-methyl/N-ethyl adjacent to an activating group) is 1. The molecule has 0 saturated heterocycles. The molecule has 0 bridgehead atoms. The Bertz CT molecular complexity index is 381. The van der Waals surface area contributed by atoms with Crippen LogP contribution in [-0.4, -0.2) is 34.1 Å². The Morgan fingerprint density at radius 2 is 2.00 bits per heavy atom. The van der Waals surface area contributed by atoms with E-state index in [1.54, 1.807) is 6.08 Å². The van der Waals surface area contributed by atoms with Gasteiger partial charge in [0.25, 0.3) is 5.91 Å². The van der Waals surface area contributed by atoms with Gasteiger partial charge < -0.3 is 15.1 Å².